The van der Waals surface area contributed by atoms with Crippen molar-refractivity contribution < 1.29 is 14.3 Å². The van der Waals surface area contributed by atoms with Crippen LogP contribution in [0.2, 0.25) is 0 Å². The molecule has 0 rings (SSSR count). The van der Waals surface area contributed by atoms with Gasteiger partial charge in [-0.25, -0.2) is 0 Å². The van der Waals surface area contributed by atoms with Crippen molar-refractivity contribution in [3.63, 3.8) is 0 Å². The van der Waals surface area contributed by atoms with Gasteiger partial charge in [-0.05, 0) is 12.8 Å². The highest BCUT2D eigenvalue weighted by atomic mass is 16.5. The number of hydrogen-bond donors (Lipinski definition) is 1. The Morgan fingerprint density at radius 3 is 2.53 bits per heavy atom. The maximum absolute atomic E-state index is 11.1. The fourth-order valence-corrected chi connectivity index (χ4v) is 1.26. The van der Waals surface area contributed by atoms with Gasteiger partial charge in [0.1, 0.15) is 0 Å². The van der Waals surface area contributed by atoms with Crippen LogP contribution in [0.5, 0.6) is 0 Å². The van der Waals surface area contributed by atoms with Crippen LogP contribution in [-0.4, -0.2) is 38.9 Å². The van der Waals surface area contributed by atoms with Gasteiger partial charge in [0.15, 0.2) is 0 Å². The molecule has 15 heavy (non-hydrogen) atoms. The van der Waals surface area contributed by atoms with Gasteiger partial charge >= 0.3 is 5.97 Å². The van der Waals surface area contributed by atoms with Crippen molar-refractivity contribution in [1.29, 1.82) is 0 Å². The van der Waals surface area contributed by atoms with Crippen LogP contribution in [0.4, 0.5) is 0 Å². The van der Waals surface area contributed by atoms with Crippen molar-refractivity contribution in [3.05, 3.63) is 0 Å². The lowest BCUT2D eigenvalue weighted by Crippen LogP contribution is -2.38. The van der Waals surface area contributed by atoms with E-state index in [0.29, 0.717) is 38.1 Å². The molecule has 4 nitrogen and oxygen atoms in total. The van der Waals surface area contributed by atoms with Crippen molar-refractivity contribution >= 4 is 5.97 Å². The second kappa shape index (κ2) is 8.68. The van der Waals surface area contributed by atoms with Crippen molar-refractivity contribution in [2.24, 2.45) is 5.92 Å². The highest BCUT2D eigenvalue weighted by Crippen LogP contribution is 2.01. The second-order valence-electron chi connectivity index (χ2n) is 3.81. The summed E-state index contributed by atoms with van der Waals surface area (Å²) in [7, 11) is 1.68. The highest BCUT2D eigenvalue weighted by Gasteiger charge is 2.12. The molecule has 0 amide bonds. The Balaban J connectivity index is 3.66. The SMILES string of the molecule is CCOC(=O)CCNC(COC)C(C)C. The van der Waals surface area contributed by atoms with Gasteiger partial charge < -0.3 is 14.8 Å². The Kier molecular flexibility index (Phi) is 8.33. The van der Waals surface area contributed by atoms with Crippen LogP contribution in [0.3, 0.4) is 0 Å². The Morgan fingerprint density at radius 1 is 1.40 bits per heavy atom. The third-order valence-corrected chi connectivity index (χ3v) is 2.19. The molecule has 90 valence electrons. The summed E-state index contributed by atoms with van der Waals surface area (Å²) in [4.78, 5) is 11.1. The molecule has 0 radical (unpaired) electrons. The summed E-state index contributed by atoms with van der Waals surface area (Å²) in [5, 5.41) is 3.28. The Morgan fingerprint density at radius 2 is 2.07 bits per heavy atom. The first-order valence-corrected chi connectivity index (χ1v) is 5.49. The predicted octanol–water partition coefficient (Wildman–Crippen LogP) is 1.20. The second-order valence-corrected chi connectivity index (χ2v) is 3.81. The molecule has 4 heteroatoms. The van der Waals surface area contributed by atoms with Crippen LogP contribution < -0.4 is 5.32 Å². The first-order chi connectivity index (χ1) is 7.11. The van der Waals surface area contributed by atoms with E-state index in [1.807, 2.05) is 6.92 Å². The van der Waals surface area contributed by atoms with Gasteiger partial charge in [-0.1, -0.05) is 13.8 Å². The molecule has 0 aliphatic rings. The highest BCUT2D eigenvalue weighted by molar-refractivity contribution is 5.69. The largest absolute Gasteiger partial charge is 0.466 e. The van der Waals surface area contributed by atoms with E-state index in [1.54, 1.807) is 7.11 Å². The molecule has 1 N–H and O–H groups in total. The van der Waals surface area contributed by atoms with E-state index >= 15 is 0 Å². The topological polar surface area (TPSA) is 47.6 Å². The number of nitrogens with one attached hydrogen (secondary N) is 1. The standard InChI is InChI=1S/C11H23NO3/c1-5-15-11(13)6-7-12-10(8-14-4)9(2)3/h9-10,12H,5-8H2,1-4H3. The summed E-state index contributed by atoms with van der Waals surface area (Å²) >= 11 is 0. The molecule has 0 aromatic rings. The Bertz CT molecular complexity index is 171. The third kappa shape index (κ3) is 7.33. The maximum Gasteiger partial charge on any atom is 0.307 e. The van der Waals surface area contributed by atoms with E-state index in [9.17, 15) is 4.79 Å². The molecule has 0 spiro atoms. The number of methoxy groups -OCH3 is 1. The van der Waals surface area contributed by atoms with E-state index in [-0.39, 0.29) is 5.97 Å². The van der Waals surface area contributed by atoms with E-state index in [1.165, 1.54) is 0 Å². The minimum Gasteiger partial charge on any atom is -0.466 e. The van der Waals surface area contributed by atoms with Crippen molar-refractivity contribution in [1.82, 2.24) is 5.32 Å². The zero-order chi connectivity index (χ0) is 11.7. The van der Waals surface area contributed by atoms with E-state index in [4.69, 9.17) is 9.47 Å². The minimum atomic E-state index is -0.148. The minimum absolute atomic E-state index is 0.148. The smallest absolute Gasteiger partial charge is 0.307 e. The van der Waals surface area contributed by atoms with Crippen molar-refractivity contribution in [2.75, 3.05) is 26.9 Å². The molecule has 0 aromatic heterocycles. The zero-order valence-corrected chi connectivity index (χ0v) is 10.2. The Labute approximate surface area is 92.3 Å². The third-order valence-electron chi connectivity index (χ3n) is 2.19. The monoisotopic (exact) mass is 217 g/mol. The molecule has 0 aliphatic heterocycles. The first-order valence-electron chi connectivity index (χ1n) is 5.49. The fourth-order valence-electron chi connectivity index (χ4n) is 1.26. The molecule has 0 fully saturated rings. The normalized spacial score (nSPS) is 12.9. The first kappa shape index (κ1) is 14.4. The average Bonchev–Trinajstić information content (AvgIpc) is 2.16. The number of carbonyl (C=O) groups is 1. The molecule has 0 bridgehead atoms. The Hall–Kier alpha value is -0.610. The summed E-state index contributed by atoms with van der Waals surface area (Å²) < 4.78 is 9.93. The zero-order valence-electron chi connectivity index (χ0n) is 10.2. The molecule has 0 aliphatic carbocycles. The van der Waals surface area contributed by atoms with Crippen LogP contribution >= 0.6 is 0 Å². The number of carbonyl (C=O) groups excluding carboxylic acids is 1. The van der Waals surface area contributed by atoms with Gasteiger partial charge in [-0.3, -0.25) is 4.79 Å². The average molecular weight is 217 g/mol. The molecule has 0 aromatic carbocycles. The van der Waals surface area contributed by atoms with E-state index in [2.05, 4.69) is 19.2 Å². The summed E-state index contributed by atoms with van der Waals surface area (Å²) in [5.74, 6) is 0.345. The van der Waals surface area contributed by atoms with E-state index < -0.39 is 0 Å². The quantitative estimate of drug-likeness (QED) is 0.621. The van der Waals surface area contributed by atoms with Crippen molar-refractivity contribution in [2.45, 2.75) is 33.2 Å². The van der Waals surface area contributed by atoms with Crippen LogP contribution in [0, 0.1) is 5.92 Å². The summed E-state index contributed by atoms with van der Waals surface area (Å²) in [6.45, 7) is 7.82. The maximum atomic E-state index is 11.1. The molecule has 0 heterocycles. The lowest BCUT2D eigenvalue weighted by Gasteiger charge is -2.21. The van der Waals surface area contributed by atoms with Gasteiger partial charge in [0.25, 0.3) is 0 Å². The fraction of sp³-hybridized carbons (Fsp3) is 0.909. The molecule has 0 saturated carbocycles. The van der Waals surface area contributed by atoms with Crippen LogP contribution in [0.15, 0.2) is 0 Å². The number of esters is 1. The summed E-state index contributed by atoms with van der Waals surface area (Å²) in [5.41, 5.74) is 0. The predicted molar refractivity (Wildman–Crippen MR) is 59.8 cm³/mol. The summed E-state index contributed by atoms with van der Waals surface area (Å²) in [6.07, 6.45) is 0.417. The molecular formula is C11H23NO3. The van der Waals surface area contributed by atoms with Gasteiger partial charge in [0, 0.05) is 19.7 Å². The van der Waals surface area contributed by atoms with Crippen LogP contribution in [0.1, 0.15) is 27.2 Å². The number of hydrogen-bond acceptors (Lipinski definition) is 4. The van der Waals surface area contributed by atoms with Crippen molar-refractivity contribution in [3.8, 4) is 0 Å². The van der Waals surface area contributed by atoms with Gasteiger partial charge in [-0.15, -0.1) is 0 Å². The summed E-state index contributed by atoms with van der Waals surface area (Å²) in [6, 6.07) is 0.296. The van der Waals surface area contributed by atoms with Gasteiger partial charge in [0.2, 0.25) is 0 Å². The number of ether oxygens (including phenoxy) is 2. The van der Waals surface area contributed by atoms with Crippen LogP contribution in [0.25, 0.3) is 0 Å². The van der Waals surface area contributed by atoms with E-state index in [0.717, 1.165) is 0 Å². The van der Waals surface area contributed by atoms with Gasteiger partial charge in [-0.2, -0.15) is 0 Å². The molecule has 0 saturated heterocycles. The lowest BCUT2D eigenvalue weighted by atomic mass is 10.1. The van der Waals surface area contributed by atoms with Crippen LogP contribution in [-0.2, 0) is 14.3 Å². The molecular weight excluding hydrogens is 194 g/mol. The van der Waals surface area contributed by atoms with Gasteiger partial charge in [0.05, 0.1) is 19.6 Å². The lowest BCUT2D eigenvalue weighted by molar-refractivity contribution is -0.143. The molecule has 1 unspecified atom stereocenters. The molecule has 1 atom stereocenters. The number of rotatable bonds is 8.